The van der Waals surface area contributed by atoms with Crippen molar-refractivity contribution in [3.63, 3.8) is 0 Å². The van der Waals surface area contributed by atoms with Gasteiger partial charge < -0.3 is 20.1 Å². The number of hydrogen-bond acceptors (Lipinski definition) is 8. The predicted octanol–water partition coefficient (Wildman–Crippen LogP) is -0.589. The maximum Gasteiger partial charge on any atom is 0.311 e. The van der Waals surface area contributed by atoms with Crippen molar-refractivity contribution in [2.75, 3.05) is 13.2 Å². The van der Waals surface area contributed by atoms with Crippen molar-refractivity contribution < 1.29 is 20.1 Å². The largest absolute Gasteiger partial charge is 0.396 e. The number of aliphatic hydroxyl groups is 3. The molecule has 2 aromatic heterocycles. The van der Waals surface area contributed by atoms with Gasteiger partial charge >= 0.3 is 4.87 Å². The Balaban J connectivity index is 2.14. The van der Waals surface area contributed by atoms with Crippen LogP contribution in [0, 0.1) is 12.8 Å². The molecule has 120 valence electrons. The Bertz CT molecular complexity index is 760. The molecule has 2 aromatic rings. The zero-order valence-corrected chi connectivity index (χ0v) is 12.9. The SMILES string of the molecule is Cc1ncc2sc(=O)n([C@H]3OC(C)(CO)[C@@H](CO)[C@H]3O)c2n1. The number of aromatic nitrogens is 3. The minimum atomic E-state index is -1.13. The molecule has 1 aliphatic heterocycles. The summed E-state index contributed by atoms with van der Waals surface area (Å²) in [6.45, 7) is 2.55. The number of ether oxygens (including phenoxy) is 1. The smallest absolute Gasteiger partial charge is 0.311 e. The van der Waals surface area contributed by atoms with Crippen molar-refractivity contribution in [3.05, 3.63) is 21.7 Å². The number of rotatable bonds is 3. The van der Waals surface area contributed by atoms with Gasteiger partial charge in [-0.3, -0.25) is 9.36 Å². The normalized spacial score (nSPS) is 32.0. The van der Waals surface area contributed by atoms with Gasteiger partial charge in [0.1, 0.15) is 11.9 Å². The van der Waals surface area contributed by atoms with E-state index < -0.39 is 23.9 Å². The Kier molecular flexibility index (Phi) is 3.77. The summed E-state index contributed by atoms with van der Waals surface area (Å²) >= 11 is 0.959. The molecule has 8 nitrogen and oxygen atoms in total. The van der Waals surface area contributed by atoms with Crippen LogP contribution in [0.2, 0.25) is 0 Å². The van der Waals surface area contributed by atoms with E-state index in [1.165, 1.54) is 4.57 Å². The van der Waals surface area contributed by atoms with Gasteiger partial charge in [-0.1, -0.05) is 11.3 Å². The monoisotopic (exact) mass is 327 g/mol. The third-order valence-electron chi connectivity index (χ3n) is 4.12. The van der Waals surface area contributed by atoms with E-state index in [4.69, 9.17) is 4.74 Å². The van der Waals surface area contributed by atoms with Crippen molar-refractivity contribution >= 4 is 21.7 Å². The Morgan fingerprint density at radius 2 is 2.23 bits per heavy atom. The average molecular weight is 327 g/mol. The summed E-state index contributed by atoms with van der Waals surface area (Å²) < 4.78 is 7.59. The Labute approximate surface area is 129 Å². The number of fused-ring (bicyclic) bond motifs is 1. The van der Waals surface area contributed by atoms with Crippen molar-refractivity contribution in [3.8, 4) is 0 Å². The molecule has 0 amide bonds. The van der Waals surface area contributed by atoms with Crippen molar-refractivity contribution in [1.29, 1.82) is 0 Å². The summed E-state index contributed by atoms with van der Waals surface area (Å²) in [7, 11) is 0. The van der Waals surface area contributed by atoms with E-state index in [0.717, 1.165) is 11.3 Å². The Morgan fingerprint density at radius 1 is 1.50 bits per heavy atom. The molecule has 22 heavy (non-hydrogen) atoms. The highest BCUT2D eigenvalue weighted by molar-refractivity contribution is 7.16. The highest BCUT2D eigenvalue weighted by atomic mass is 32.1. The lowest BCUT2D eigenvalue weighted by Crippen LogP contribution is -2.40. The molecule has 0 aromatic carbocycles. The van der Waals surface area contributed by atoms with Crippen LogP contribution in [0.5, 0.6) is 0 Å². The van der Waals surface area contributed by atoms with Gasteiger partial charge in [0.2, 0.25) is 0 Å². The van der Waals surface area contributed by atoms with Crippen LogP contribution in [0.3, 0.4) is 0 Å². The van der Waals surface area contributed by atoms with E-state index in [0.29, 0.717) is 16.2 Å². The third kappa shape index (κ3) is 2.17. The molecular formula is C13H17N3O5S. The van der Waals surface area contributed by atoms with E-state index in [2.05, 4.69) is 9.97 Å². The van der Waals surface area contributed by atoms with Crippen molar-refractivity contribution in [2.45, 2.75) is 31.8 Å². The molecule has 1 unspecified atom stereocenters. The second kappa shape index (κ2) is 5.36. The molecule has 1 saturated heterocycles. The molecule has 1 fully saturated rings. The molecule has 9 heteroatoms. The van der Waals surface area contributed by atoms with E-state index in [1.54, 1.807) is 20.0 Å². The summed E-state index contributed by atoms with van der Waals surface area (Å²) in [5.41, 5.74) is -0.750. The summed E-state index contributed by atoms with van der Waals surface area (Å²) in [4.78, 5) is 20.2. The van der Waals surface area contributed by atoms with Gasteiger partial charge in [-0.05, 0) is 13.8 Å². The second-order valence-electron chi connectivity index (χ2n) is 5.60. The van der Waals surface area contributed by atoms with Crippen LogP contribution >= 0.6 is 11.3 Å². The van der Waals surface area contributed by atoms with Crippen LogP contribution in [0.15, 0.2) is 11.0 Å². The molecule has 3 heterocycles. The minimum Gasteiger partial charge on any atom is -0.396 e. The fourth-order valence-corrected chi connectivity index (χ4v) is 3.62. The molecule has 3 rings (SSSR count). The Hall–Kier alpha value is -1.39. The maximum absolute atomic E-state index is 12.3. The van der Waals surface area contributed by atoms with Gasteiger partial charge in [0.05, 0.1) is 29.7 Å². The third-order valence-corrected chi connectivity index (χ3v) is 5.00. The first-order valence-electron chi connectivity index (χ1n) is 6.83. The average Bonchev–Trinajstić information content (AvgIpc) is 2.93. The highest BCUT2D eigenvalue weighted by Gasteiger charge is 2.52. The maximum atomic E-state index is 12.3. The molecular weight excluding hydrogens is 310 g/mol. The van der Waals surface area contributed by atoms with Crippen LogP contribution in [-0.4, -0.2) is 54.8 Å². The molecule has 0 saturated carbocycles. The standard InChI is InChI=1S/C13H17N3O5S/c1-6-14-3-8-10(15-6)16(12(20)22-8)11-9(19)7(4-17)13(2,5-18)21-11/h3,7,9,11,17-19H,4-5H2,1-2H3/t7-,9+,11-,13?/m0/s1. The molecule has 1 aliphatic rings. The van der Waals surface area contributed by atoms with Gasteiger partial charge in [-0.15, -0.1) is 0 Å². The number of aryl methyl sites for hydroxylation is 1. The minimum absolute atomic E-state index is 0.335. The first-order valence-corrected chi connectivity index (χ1v) is 7.65. The lowest BCUT2D eigenvalue weighted by Gasteiger charge is -2.27. The number of aliphatic hydroxyl groups excluding tert-OH is 3. The molecule has 0 radical (unpaired) electrons. The number of nitrogens with zero attached hydrogens (tertiary/aromatic N) is 3. The summed E-state index contributed by atoms with van der Waals surface area (Å²) in [6.07, 6.45) is -0.589. The van der Waals surface area contributed by atoms with Crippen LogP contribution in [0.25, 0.3) is 10.3 Å². The molecule has 0 spiro atoms. The summed E-state index contributed by atoms with van der Waals surface area (Å²) in [5, 5.41) is 29.5. The quantitative estimate of drug-likeness (QED) is 0.689. The summed E-state index contributed by atoms with van der Waals surface area (Å²) in [6, 6.07) is 0. The first-order chi connectivity index (χ1) is 10.4. The van der Waals surface area contributed by atoms with Gasteiger partial charge in [-0.2, -0.15) is 0 Å². The first kappa shape index (κ1) is 15.5. The van der Waals surface area contributed by atoms with Crippen molar-refractivity contribution in [1.82, 2.24) is 14.5 Å². The lowest BCUT2D eigenvalue weighted by molar-refractivity contribution is -0.108. The van der Waals surface area contributed by atoms with E-state index >= 15 is 0 Å². The van der Waals surface area contributed by atoms with Gasteiger partial charge in [-0.25, -0.2) is 9.97 Å². The number of thiazole rings is 1. The molecule has 0 aliphatic carbocycles. The van der Waals surface area contributed by atoms with E-state index in [-0.39, 0.29) is 18.1 Å². The van der Waals surface area contributed by atoms with Gasteiger partial charge in [0.15, 0.2) is 11.9 Å². The number of hydrogen-bond donors (Lipinski definition) is 3. The zero-order valence-electron chi connectivity index (χ0n) is 12.1. The topological polar surface area (TPSA) is 118 Å². The zero-order chi connectivity index (χ0) is 16.1. The van der Waals surface area contributed by atoms with E-state index in [1.807, 2.05) is 0 Å². The molecule has 0 bridgehead atoms. The van der Waals surface area contributed by atoms with Crippen molar-refractivity contribution in [2.24, 2.45) is 5.92 Å². The Morgan fingerprint density at radius 3 is 2.82 bits per heavy atom. The second-order valence-corrected chi connectivity index (χ2v) is 6.60. The van der Waals surface area contributed by atoms with Crippen LogP contribution in [0.1, 0.15) is 19.0 Å². The molecule has 3 N–H and O–H groups in total. The predicted molar refractivity (Wildman–Crippen MR) is 78.6 cm³/mol. The fraction of sp³-hybridized carbons (Fsp3) is 0.615. The van der Waals surface area contributed by atoms with Crippen LogP contribution < -0.4 is 4.87 Å². The van der Waals surface area contributed by atoms with E-state index in [9.17, 15) is 20.1 Å². The van der Waals surface area contributed by atoms with Gasteiger partial charge in [0.25, 0.3) is 0 Å². The lowest BCUT2D eigenvalue weighted by atomic mass is 9.88. The van der Waals surface area contributed by atoms with Gasteiger partial charge in [0, 0.05) is 5.92 Å². The fourth-order valence-electron chi connectivity index (χ4n) is 2.80. The summed E-state index contributed by atoms with van der Waals surface area (Å²) in [5.74, 6) is -0.206. The van der Waals surface area contributed by atoms with Crippen LogP contribution in [0.4, 0.5) is 0 Å². The van der Waals surface area contributed by atoms with Crippen LogP contribution in [-0.2, 0) is 4.74 Å². The highest BCUT2D eigenvalue weighted by Crippen LogP contribution is 2.41. The molecule has 4 atom stereocenters.